The molecule has 0 radical (unpaired) electrons. The van der Waals surface area contributed by atoms with Crippen LogP contribution in [0.1, 0.15) is 36.6 Å². The lowest BCUT2D eigenvalue weighted by Crippen LogP contribution is -2.34. The molecule has 17 heavy (non-hydrogen) atoms. The van der Waals surface area contributed by atoms with Gasteiger partial charge in [-0.15, -0.1) is 11.3 Å². The fraction of sp³-hybridized carbons (Fsp3) is 0.667. The molecule has 1 rings (SSSR count). The smallest absolute Gasteiger partial charge is 0.224 e. The highest BCUT2D eigenvalue weighted by Gasteiger charge is 2.15. The number of nitrogens with two attached hydrogens (primary N) is 1. The molecule has 4 nitrogen and oxygen atoms in total. The Labute approximate surface area is 107 Å². The molecule has 1 aromatic rings. The van der Waals surface area contributed by atoms with Crippen LogP contribution in [-0.4, -0.2) is 17.4 Å². The van der Waals surface area contributed by atoms with Gasteiger partial charge in [0, 0.05) is 17.6 Å². The summed E-state index contributed by atoms with van der Waals surface area (Å²) in [4.78, 5) is 17.3. The molecule has 0 aliphatic carbocycles. The second-order valence-corrected chi connectivity index (χ2v) is 5.21. The Morgan fingerprint density at radius 3 is 2.88 bits per heavy atom. The molecule has 0 aliphatic rings. The van der Waals surface area contributed by atoms with E-state index in [0.29, 0.717) is 13.1 Å². The molecule has 1 aromatic heterocycles. The third kappa shape index (κ3) is 4.44. The number of carbonyl (C=O) groups is 1. The molecule has 1 atom stereocenters. The van der Waals surface area contributed by atoms with E-state index in [1.54, 1.807) is 11.3 Å². The van der Waals surface area contributed by atoms with Crippen LogP contribution in [0, 0.1) is 5.92 Å². The number of aryl methyl sites for hydroxylation is 1. The minimum atomic E-state index is -0.0643. The van der Waals surface area contributed by atoms with E-state index in [-0.39, 0.29) is 11.8 Å². The van der Waals surface area contributed by atoms with Crippen molar-refractivity contribution in [2.45, 2.75) is 39.7 Å². The summed E-state index contributed by atoms with van der Waals surface area (Å²) in [6, 6.07) is 0. The number of aromatic nitrogens is 1. The van der Waals surface area contributed by atoms with Crippen LogP contribution in [0.5, 0.6) is 0 Å². The normalized spacial score (nSPS) is 12.4. The molecule has 5 heteroatoms. The Hall–Kier alpha value is -0.940. The van der Waals surface area contributed by atoms with E-state index in [9.17, 15) is 4.79 Å². The molecule has 0 spiro atoms. The topological polar surface area (TPSA) is 68.0 Å². The maximum absolute atomic E-state index is 11.8. The van der Waals surface area contributed by atoms with E-state index in [2.05, 4.69) is 24.1 Å². The Morgan fingerprint density at radius 1 is 1.59 bits per heavy atom. The maximum Gasteiger partial charge on any atom is 0.224 e. The van der Waals surface area contributed by atoms with Crippen molar-refractivity contribution in [1.29, 1.82) is 0 Å². The molecule has 3 N–H and O–H groups in total. The lowest BCUT2D eigenvalue weighted by Gasteiger charge is -2.12. The first kappa shape index (κ1) is 14.1. The number of nitrogens with one attached hydrogen (secondary N) is 1. The fourth-order valence-electron chi connectivity index (χ4n) is 1.60. The second kappa shape index (κ2) is 7.40. The van der Waals surface area contributed by atoms with E-state index in [1.807, 2.05) is 6.20 Å². The molecule has 1 amide bonds. The standard InChI is InChI=1S/C12H21N3OS/c1-3-5-9(6-13)12(16)15-8-11-14-7-10(4-2)17-11/h7,9H,3-6,8,13H2,1-2H3,(H,15,16). The van der Waals surface area contributed by atoms with Crippen LogP contribution in [0.2, 0.25) is 0 Å². The van der Waals surface area contributed by atoms with Crippen LogP contribution < -0.4 is 11.1 Å². The largest absolute Gasteiger partial charge is 0.349 e. The number of nitrogens with zero attached hydrogens (tertiary/aromatic N) is 1. The molecule has 0 aliphatic heterocycles. The molecule has 0 saturated carbocycles. The summed E-state index contributed by atoms with van der Waals surface area (Å²) in [5.74, 6) is -0.0202. The van der Waals surface area contributed by atoms with Gasteiger partial charge >= 0.3 is 0 Å². The van der Waals surface area contributed by atoms with Crippen molar-refractivity contribution in [2.75, 3.05) is 6.54 Å². The minimum Gasteiger partial charge on any atom is -0.349 e. The summed E-state index contributed by atoms with van der Waals surface area (Å²) in [5, 5.41) is 3.86. The summed E-state index contributed by atoms with van der Waals surface area (Å²) in [5.41, 5.74) is 5.58. The van der Waals surface area contributed by atoms with Crippen LogP contribution in [0.4, 0.5) is 0 Å². The molecule has 0 aromatic carbocycles. The molecular weight excluding hydrogens is 234 g/mol. The van der Waals surface area contributed by atoms with Gasteiger partial charge in [-0.05, 0) is 12.8 Å². The van der Waals surface area contributed by atoms with E-state index in [4.69, 9.17) is 5.73 Å². The summed E-state index contributed by atoms with van der Waals surface area (Å²) < 4.78 is 0. The number of carbonyl (C=O) groups excluding carboxylic acids is 1. The Bertz CT molecular complexity index is 351. The first-order chi connectivity index (χ1) is 8.21. The van der Waals surface area contributed by atoms with Gasteiger partial charge in [0.05, 0.1) is 12.5 Å². The zero-order valence-corrected chi connectivity index (χ0v) is 11.3. The van der Waals surface area contributed by atoms with Gasteiger partial charge in [-0.3, -0.25) is 4.79 Å². The monoisotopic (exact) mass is 255 g/mol. The van der Waals surface area contributed by atoms with Crippen molar-refractivity contribution in [3.8, 4) is 0 Å². The fourth-order valence-corrected chi connectivity index (χ4v) is 2.41. The lowest BCUT2D eigenvalue weighted by molar-refractivity contribution is -0.125. The highest BCUT2D eigenvalue weighted by molar-refractivity contribution is 7.11. The van der Waals surface area contributed by atoms with Gasteiger partial charge < -0.3 is 11.1 Å². The Balaban J connectivity index is 2.41. The molecule has 1 heterocycles. The first-order valence-corrected chi connectivity index (χ1v) is 6.94. The van der Waals surface area contributed by atoms with E-state index in [1.165, 1.54) is 4.88 Å². The first-order valence-electron chi connectivity index (χ1n) is 6.12. The van der Waals surface area contributed by atoms with Crippen LogP contribution in [0.25, 0.3) is 0 Å². The molecule has 96 valence electrons. The van der Waals surface area contributed by atoms with Gasteiger partial charge in [-0.2, -0.15) is 0 Å². The molecule has 0 fully saturated rings. The number of rotatable bonds is 7. The van der Waals surface area contributed by atoms with Gasteiger partial charge in [0.1, 0.15) is 5.01 Å². The van der Waals surface area contributed by atoms with E-state index in [0.717, 1.165) is 24.3 Å². The van der Waals surface area contributed by atoms with Gasteiger partial charge in [-0.1, -0.05) is 20.3 Å². The summed E-state index contributed by atoms with van der Waals surface area (Å²) >= 11 is 1.65. The summed E-state index contributed by atoms with van der Waals surface area (Å²) in [7, 11) is 0. The van der Waals surface area contributed by atoms with Crippen molar-refractivity contribution in [3.05, 3.63) is 16.1 Å². The van der Waals surface area contributed by atoms with Crippen LogP contribution >= 0.6 is 11.3 Å². The highest BCUT2D eigenvalue weighted by atomic mass is 32.1. The van der Waals surface area contributed by atoms with Crippen molar-refractivity contribution < 1.29 is 4.79 Å². The Morgan fingerprint density at radius 2 is 2.35 bits per heavy atom. The third-order valence-electron chi connectivity index (χ3n) is 2.66. The van der Waals surface area contributed by atoms with Gasteiger partial charge in [0.2, 0.25) is 5.91 Å². The van der Waals surface area contributed by atoms with Crippen molar-refractivity contribution in [3.63, 3.8) is 0 Å². The number of hydrogen-bond acceptors (Lipinski definition) is 4. The zero-order valence-electron chi connectivity index (χ0n) is 10.5. The minimum absolute atomic E-state index is 0.0441. The molecule has 1 unspecified atom stereocenters. The van der Waals surface area contributed by atoms with Gasteiger partial charge in [0.15, 0.2) is 0 Å². The highest BCUT2D eigenvalue weighted by Crippen LogP contribution is 2.13. The predicted octanol–water partition coefficient (Wildman–Crippen LogP) is 1.70. The van der Waals surface area contributed by atoms with Crippen molar-refractivity contribution in [2.24, 2.45) is 11.7 Å². The van der Waals surface area contributed by atoms with Crippen molar-refractivity contribution >= 4 is 17.2 Å². The molecule has 0 saturated heterocycles. The Kier molecular flexibility index (Phi) is 6.15. The second-order valence-electron chi connectivity index (χ2n) is 4.01. The van der Waals surface area contributed by atoms with Crippen LogP contribution in [0.15, 0.2) is 6.20 Å². The number of thiazole rings is 1. The number of amides is 1. The van der Waals surface area contributed by atoms with Crippen LogP contribution in [0.3, 0.4) is 0 Å². The van der Waals surface area contributed by atoms with Gasteiger partial charge in [-0.25, -0.2) is 4.98 Å². The molecule has 0 bridgehead atoms. The van der Waals surface area contributed by atoms with Crippen molar-refractivity contribution in [1.82, 2.24) is 10.3 Å². The lowest BCUT2D eigenvalue weighted by atomic mass is 10.0. The van der Waals surface area contributed by atoms with E-state index < -0.39 is 0 Å². The summed E-state index contributed by atoms with van der Waals surface area (Å²) in [6.45, 7) is 5.09. The predicted molar refractivity (Wildman–Crippen MR) is 70.8 cm³/mol. The maximum atomic E-state index is 11.8. The third-order valence-corrected chi connectivity index (χ3v) is 3.80. The SMILES string of the molecule is CCCC(CN)C(=O)NCc1ncc(CC)s1. The average molecular weight is 255 g/mol. The average Bonchev–Trinajstić information content (AvgIpc) is 2.81. The van der Waals surface area contributed by atoms with Crippen LogP contribution in [-0.2, 0) is 17.8 Å². The zero-order chi connectivity index (χ0) is 12.7. The molecular formula is C12H21N3OS. The van der Waals surface area contributed by atoms with E-state index >= 15 is 0 Å². The van der Waals surface area contributed by atoms with Gasteiger partial charge in [0.25, 0.3) is 0 Å². The number of hydrogen-bond donors (Lipinski definition) is 2. The summed E-state index contributed by atoms with van der Waals surface area (Å²) in [6.07, 6.45) is 4.69. The quantitative estimate of drug-likeness (QED) is 0.779.